The predicted molar refractivity (Wildman–Crippen MR) is 126 cm³/mol. The number of aliphatic hydroxyl groups excluding tert-OH is 1. The van der Waals surface area contributed by atoms with Gasteiger partial charge in [0.1, 0.15) is 5.60 Å². The summed E-state index contributed by atoms with van der Waals surface area (Å²) in [5, 5.41) is 22.7. The lowest BCUT2D eigenvalue weighted by atomic mass is 9.90. The van der Waals surface area contributed by atoms with E-state index in [1.54, 1.807) is 9.58 Å². The minimum atomic E-state index is -0.587. The first kappa shape index (κ1) is 23.3. The number of carbonyl (C=O) groups excluding carboxylic acids is 1. The Balaban J connectivity index is 1.65. The molecule has 0 bridgehead atoms. The van der Waals surface area contributed by atoms with Gasteiger partial charge in [0.2, 0.25) is 5.16 Å². The molecule has 33 heavy (non-hydrogen) atoms. The molecule has 8 nitrogen and oxygen atoms in total. The van der Waals surface area contributed by atoms with E-state index in [0.717, 1.165) is 28.8 Å². The minimum Gasteiger partial charge on any atom is -0.444 e. The maximum absolute atomic E-state index is 13.1. The van der Waals surface area contributed by atoms with Crippen molar-refractivity contribution < 1.29 is 14.6 Å². The third kappa shape index (κ3) is 5.20. The van der Waals surface area contributed by atoms with Crippen molar-refractivity contribution >= 4 is 17.9 Å². The normalized spacial score (nSPS) is 15.9. The van der Waals surface area contributed by atoms with E-state index in [1.807, 2.05) is 64.1 Å². The van der Waals surface area contributed by atoms with E-state index < -0.39 is 5.60 Å². The molecule has 0 saturated carbocycles. The van der Waals surface area contributed by atoms with Crippen LogP contribution in [0.25, 0.3) is 5.69 Å². The SMILES string of the molecule is Cc1cc2c(cc1CO)C(CSc1nnnn1-c1ccccc1)N(C(=O)OC(C)(C)C)CC2. The van der Waals surface area contributed by atoms with Crippen LogP contribution in [0.3, 0.4) is 0 Å². The number of carbonyl (C=O) groups is 1. The highest BCUT2D eigenvalue weighted by Gasteiger charge is 2.34. The van der Waals surface area contributed by atoms with Crippen molar-refractivity contribution in [3.8, 4) is 5.69 Å². The molecule has 2 aromatic carbocycles. The lowest BCUT2D eigenvalue weighted by molar-refractivity contribution is 0.0164. The first-order valence-electron chi connectivity index (χ1n) is 11.0. The molecule has 1 unspecified atom stereocenters. The average molecular weight is 468 g/mol. The van der Waals surface area contributed by atoms with E-state index in [0.29, 0.717) is 17.5 Å². The molecule has 4 rings (SSSR count). The maximum atomic E-state index is 13.1. The van der Waals surface area contributed by atoms with Crippen LogP contribution in [-0.4, -0.2) is 54.2 Å². The van der Waals surface area contributed by atoms with Crippen molar-refractivity contribution in [1.29, 1.82) is 0 Å². The number of thioether (sulfide) groups is 1. The zero-order valence-electron chi connectivity index (χ0n) is 19.4. The van der Waals surface area contributed by atoms with Gasteiger partial charge in [-0.1, -0.05) is 42.1 Å². The van der Waals surface area contributed by atoms with Crippen LogP contribution in [0.5, 0.6) is 0 Å². The molecule has 9 heteroatoms. The van der Waals surface area contributed by atoms with E-state index in [-0.39, 0.29) is 18.7 Å². The van der Waals surface area contributed by atoms with Crippen molar-refractivity contribution in [1.82, 2.24) is 25.1 Å². The second kappa shape index (κ2) is 9.52. The summed E-state index contributed by atoms with van der Waals surface area (Å²) < 4.78 is 7.41. The molecule has 1 aliphatic heterocycles. The second-order valence-corrected chi connectivity index (χ2v) is 10.1. The highest BCUT2D eigenvalue weighted by molar-refractivity contribution is 7.99. The van der Waals surface area contributed by atoms with E-state index in [4.69, 9.17) is 4.74 Å². The van der Waals surface area contributed by atoms with Crippen LogP contribution in [0, 0.1) is 6.92 Å². The van der Waals surface area contributed by atoms with Gasteiger partial charge in [-0.3, -0.25) is 4.90 Å². The molecular formula is C24H29N5O3S. The summed E-state index contributed by atoms with van der Waals surface area (Å²) in [6.07, 6.45) is 0.400. The number of aryl methyl sites for hydroxylation is 1. The first-order valence-corrected chi connectivity index (χ1v) is 11.9. The molecule has 1 amide bonds. The van der Waals surface area contributed by atoms with Crippen molar-refractivity contribution in [2.24, 2.45) is 0 Å². The van der Waals surface area contributed by atoms with E-state index in [9.17, 15) is 9.90 Å². The van der Waals surface area contributed by atoms with Gasteiger partial charge in [0.05, 0.1) is 18.3 Å². The summed E-state index contributed by atoms with van der Waals surface area (Å²) in [6.45, 7) is 8.13. The number of ether oxygens (including phenoxy) is 1. The zero-order chi connectivity index (χ0) is 23.6. The Morgan fingerprint density at radius 1 is 1.24 bits per heavy atom. The van der Waals surface area contributed by atoms with Crippen molar-refractivity contribution in [2.45, 2.75) is 57.5 Å². The highest BCUT2D eigenvalue weighted by Crippen LogP contribution is 2.36. The van der Waals surface area contributed by atoms with Crippen LogP contribution < -0.4 is 0 Å². The Kier molecular flexibility index (Phi) is 6.71. The quantitative estimate of drug-likeness (QED) is 0.565. The summed E-state index contributed by atoms with van der Waals surface area (Å²) in [7, 11) is 0. The van der Waals surface area contributed by atoms with Crippen molar-refractivity contribution in [2.75, 3.05) is 12.3 Å². The molecule has 1 aliphatic rings. The number of hydrogen-bond acceptors (Lipinski definition) is 7. The Morgan fingerprint density at radius 2 is 2.00 bits per heavy atom. The number of aromatic nitrogens is 4. The number of benzene rings is 2. The van der Waals surface area contributed by atoms with Crippen LogP contribution in [0.1, 0.15) is 49.1 Å². The van der Waals surface area contributed by atoms with Crippen molar-refractivity contribution in [3.63, 3.8) is 0 Å². The van der Waals surface area contributed by atoms with Crippen LogP contribution in [0.2, 0.25) is 0 Å². The number of para-hydroxylation sites is 1. The van der Waals surface area contributed by atoms with Crippen LogP contribution in [-0.2, 0) is 17.8 Å². The van der Waals surface area contributed by atoms with Crippen molar-refractivity contribution in [3.05, 3.63) is 64.7 Å². The summed E-state index contributed by atoms with van der Waals surface area (Å²) in [5.41, 5.74) is 4.43. The van der Waals surface area contributed by atoms with Gasteiger partial charge in [-0.25, -0.2) is 4.79 Å². The Bertz CT molecular complexity index is 1130. The van der Waals surface area contributed by atoms with E-state index >= 15 is 0 Å². The number of aliphatic hydroxyl groups is 1. The predicted octanol–water partition coefficient (Wildman–Crippen LogP) is 4.09. The molecule has 1 atom stereocenters. The van der Waals surface area contributed by atoms with Gasteiger partial charge in [0.15, 0.2) is 0 Å². The molecule has 174 valence electrons. The van der Waals surface area contributed by atoms with Gasteiger partial charge in [0, 0.05) is 12.3 Å². The molecule has 0 radical (unpaired) electrons. The molecule has 0 aliphatic carbocycles. The topological polar surface area (TPSA) is 93.4 Å². The number of fused-ring (bicyclic) bond motifs is 1. The van der Waals surface area contributed by atoms with Gasteiger partial charge >= 0.3 is 6.09 Å². The largest absolute Gasteiger partial charge is 0.444 e. The summed E-state index contributed by atoms with van der Waals surface area (Å²) >= 11 is 1.49. The molecule has 0 saturated heterocycles. The van der Waals surface area contributed by atoms with Gasteiger partial charge in [0.25, 0.3) is 0 Å². The summed E-state index contributed by atoms with van der Waals surface area (Å²) in [6, 6.07) is 13.6. The molecule has 1 aromatic heterocycles. The van der Waals surface area contributed by atoms with Gasteiger partial charge < -0.3 is 9.84 Å². The number of rotatable bonds is 5. The van der Waals surface area contributed by atoms with Crippen LogP contribution in [0.4, 0.5) is 4.79 Å². The van der Waals surface area contributed by atoms with E-state index in [1.165, 1.54) is 17.3 Å². The fourth-order valence-electron chi connectivity index (χ4n) is 3.97. The Morgan fingerprint density at radius 3 is 2.70 bits per heavy atom. The summed E-state index contributed by atoms with van der Waals surface area (Å²) in [4.78, 5) is 14.9. The number of tetrazole rings is 1. The molecule has 2 heterocycles. The summed E-state index contributed by atoms with van der Waals surface area (Å²) in [5.74, 6) is 0.549. The van der Waals surface area contributed by atoms with Gasteiger partial charge in [-0.05, 0) is 78.9 Å². The molecule has 3 aromatic rings. The van der Waals surface area contributed by atoms with Gasteiger partial charge in [-0.15, -0.1) is 5.10 Å². The Hall–Kier alpha value is -2.91. The maximum Gasteiger partial charge on any atom is 0.410 e. The standard InChI is InChI=1S/C24H29N5O3S/c1-16-12-17-10-11-28(23(31)32-24(2,3)4)21(20(17)13-18(16)14-30)15-33-22-25-26-27-29(22)19-8-6-5-7-9-19/h5-9,12-13,21,30H,10-11,14-15H2,1-4H3. The molecular weight excluding hydrogens is 438 g/mol. The lowest BCUT2D eigenvalue weighted by Gasteiger charge is -2.38. The monoisotopic (exact) mass is 467 g/mol. The third-order valence-electron chi connectivity index (χ3n) is 5.57. The molecule has 1 N–H and O–H groups in total. The first-order chi connectivity index (χ1) is 15.8. The molecule has 0 fully saturated rings. The van der Waals surface area contributed by atoms with E-state index in [2.05, 4.69) is 21.6 Å². The fraction of sp³-hybridized carbons (Fsp3) is 0.417. The smallest absolute Gasteiger partial charge is 0.410 e. The molecule has 0 spiro atoms. The third-order valence-corrected chi connectivity index (χ3v) is 6.56. The van der Waals surface area contributed by atoms with Gasteiger partial charge in [-0.2, -0.15) is 4.68 Å². The fourth-order valence-corrected chi connectivity index (χ4v) is 4.99. The minimum absolute atomic E-state index is 0.0440. The second-order valence-electron chi connectivity index (χ2n) is 9.09. The Labute approximate surface area is 197 Å². The number of nitrogens with zero attached hydrogens (tertiary/aromatic N) is 5. The van der Waals surface area contributed by atoms with Crippen LogP contribution in [0.15, 0.2) is 47.6 Å². The zero-order valence-corrected chi connectivity index (χ0v) is 20.2. The van der Waals surface area contributed by atoms with Crippen LogP contribution >= 0.6 is 11.8 Å². The lowest BCUT2D eigenvalue weighted by Crippen LogP contribution is -2.44. The number of amides is 1. The average Bonchev–Trinajstić information content (AvgIpc) is 3.25. The highest BCUT2D eigenvalue weighted by atomic mass is 32.2. The number of hydrogen-bond donors (Lipinski definition) is 1.